The van der Waals surface area contributed by atoms with E-state index in [0.29, 0.717) is 11.3 Å². The van der Waals surface area contributed by atoms with Crippen LogP contribution in [0.15, 0.2) is 34.9 Å². The molecule has 0 saturated heterocycles. The van der Waals surface area contributed by atoms with Crippen molar-refractivity contribution in [1.82, 2.24) is 5.16 Å². The van der Waals surface area contributed by atoms with Crippen LogP contribution >= 0.6 is 11.3 Å². The van der Waals surface area contributed by atoms with E-state index in [1.807, 2.05) is 19.1 Å². The highest BCUT2D eigenvalue weighted by Gasteiger charge is 2.21. The van der Waals surface area contributed by atoms with Crippen LogP contribution in [0.5, 0.6) is 0 Å². The molecule has 21 heavy (non-hydrogen) atoms. The summed E-state index contributed by atoms with van der Waals surface area (Å²) in [6, 6.07) is 7.20. The monoisotopic (exact) mass is 306 g/mol. The highest BCUT2D eigenvalue weighted by atomic mass is 32.1. The average molecular weight is 306 g/mol. The quantitative estimate of drug-likeness (QED) is 0.775. The topological polar surface area (TPSA) is 52.0 Å². The molecule has 0 amide bonds. The standard InChI is InChI=1S/C15H12F2N2OS/c1-2-9-4-6-12(21-9)14-13(15(18)19-20-14)10-5-3-8(16)7-11(10)17/h3-7H,2H2,1H3,(H2,18,19). The first kappa shape index (κ1) is 13.8. The maximum Gasteiger partial charge on any atom is 0.186 e. The molecule has 2 aromatic heterocycles. The zero-order chi connectivity index (χ0) is 15.0. The van der Waals surface area contributed by atoms with Gasteiger partial charge in [0.1, 0.15) is 11.6 Å². The van der Waals surface area contributed by atoms with E-state index in [1.54, 1.807) is 0 Å². The second-order valence-electron chi connectivity index (χ2n) is 4.52. The van der Waals surface area contributed by atoms with Gasteiger partial charge >= 0.3 is 0 Å². The fourth-order valence-electron chi connectivity index (χ4n) is 2.11. The Balaban J connectivity index is 2.17. The van der Waals surface area contributed by atoms with E-state index in [2.05, 4.69) is 5.16 Å². The van der Waals surface area contributed by atoms with Gasteiger partial charge in [-0.25, -0.2) is 8.78 Å². The molecule has 1 aromatic carbocycles. The Kier molecular flexibility index (Phi) is 3.47. The van der Waals surface area contributed by atoms with Crippen molar-refractivity contribution >= 4 is 17.2 Å². The molecule has 0 radical (unpaired) electrons. The molecule has 2 heterocycles. The molecule has 0 saturated carbocycles. The first-order valence-corrected chi connectivity index (χ1v) is 7.21. The maximum absolute atomic E-state index is 14.0. The fraction of sp³-hybridized carbons (Fsp3) is 0.133. The zero-order valence-electron chi connectivity index (χ0n) is 11.2. The Morgan fingerprint density at radius 2 is 2.05 bits per heavy atom. The van der Waals surface area contributed by atoms with E-state index in [-0.39, 0.29) is 11.4 Å². The molecule has 6 heteroatoms. The Hall–Kier alpha value is -2.21. The first-order valence-electron chi connectivity index (χ1n) is 6.39. The maximum atomic E-state index is 14.0. The molecule has 0 bridgehead atoms. The second-order valence-corrected chi connectivity index (χ2v) is 5.68. The van der Waals surface area contributed by atoms with Crippen molar-refractivity contribution in [1.29, 1.82) is 0 Å². The Morgan fingerprint density at radius 1 is 1.24 bits per heavy atom. The van der Waals surface area contributed by atoms with Gasteiger partial charge in [0.25, 0.3) is 0 Å². The summed E-state index contributed by atoms with van der Waals surface area (Å²) in [7, 11) is 0. The largest absolute Gasteiger partial charge is 0.380 e. The summed E-state index contributed by atoms with van der Waals surface area (Å²) >= 11 is 1.53. The van der Waals surface area contributed by atoms with Crippen LogP contribution in [0, 0.1) is 11.6 Å². The van der Waals surface area contributed by atoms with Crippen LogP contribution in [0.25, 0.3) is 21.8 Å². The number of hydrogen-bond acceptors (Lipinski definition) is 4. The van der Waals surface area contributed by atoms with E-state index in [1.165, 1.54) is 28.3 Å². The third kappa shape index (κ3) is 2.42. The molecule has 3 rings (SSSR count). The van der Waals surface area contributed by atoms with Crippen LogP contribution in [0.1, 0.15) is 11.8 Å². The SMILES string of the molecule is CCc1ccc(-c2onc(N)c2-c2ccc(F)cc2F)s1. The summed E-state index contributed by atoms with van der Waals surface area (Å²) in [6.45, 7) is 2.05. The van der Waals surface area contributed by atoms with Crippen molar-refractivity contribution < 1.29 is 13.3 Å². The normalized spacial score (nSPS) is 11.0. The highest BCUT2D eigenvalue weighted by molar-refractivity contribution is 7.15. The first-order chi connectivity index (χ1) is 10.1. The number of thiophene rings is 1. The number of halogens is 2. The number of aryl methyl sites for hydroxylation is 1. The van der Waals surface area contributed by atoms with Gasteiger partial charge in [-0.15, -0.1) is 11.3 Å². The predicted octanol–water partition coefficient (Wildman–Crippen LogP) is 4.49. The second kappa shape index (κ2) is 5.29. The van der Waals surface area contributed by atoms with Gasteiger partial charge < -0.3 is 10.3 Å². The molecule has 0 aliphatic rings. The average Bonchev–Trinajstić information content (AvgIpc) is 3.06. The zero-order valence-corrected chi connectivity index (χ0v) is 12.0. The number of hydrogen-bond donors (Lipinski definition) is 1. The number of aromatic nitrogens is 1. The van der Waals surface area contributed by atoms with E-state index in [0.717, 1.165) is 17.4 Å². The summed E-state index contributed by atoms with van der Waals surface area (Å²) in [6.07, 6.45) is 0.897. The number of anilines is 1. The molecule has 0 fully saturated rings. The molecule has 0 unspecified atom stereocenters. The molecule has 0 atom stereocenters. The van der Waals surface area contributed by atoms with Crippen LogP contribution in [-0.2, 0) is 6.42 Å². The summed E-state index contributed by atoms with van der Waals surface area (Å²) in [5.41, 5.74) is 6.33. The Morgan fingerprint density at radius 3 is 2.71 bits per heavy atom. The summed E-state index contributed by atoms with van der Waals surface area (Å²) in [4.78, 5) is 1.99. The summed E-state index contributed by atoms with van der Waals surface area (Å²) in [5, 5.41) is 3.72. The fourth-order valence-corrected chi connectivity index (χ4v) is 3.04. The van der Waals surface area contributed by atoms with Crippen LogP contribution in [0.2, 0.25) is 0 Å². The Labute approximate surface area is 124 Å². The summed E-state index contributed by atoms with van der Waals surface area (Å²) < 4.78 is 32.3. The van der Waals surface area contributed by atoms with E-state index in [9.17, 15) is 8.78 Å². The number of nitrogens with two attached hydrogens (primary N) is 1. The number of nitrogens with zero attached hydrogens (tertiary/aromatic N) is 1. The molecule has 0 aliphatic carbocycles. The van der Waals surface area contributed by atoms with Crippen LogP contribution < -0.4 is 5.73 Å². The van der Waals surface area contributed by atoms with E-state index < -0.39 is 11.6 Å². The summed E-state index contributed by atoms with van der Waals surface area (Å²) in [5.74, 6) is -0.847. The molecule has 2 N–H and O–H groups in total. The lowest BCUT2D eigenvalue weighted by molar-refractivity contribution is 0.437. The lowest BCUT2D eigenvalue weighted by Crippen LogP contribution is -1.92. The van der Waals surface area contributed by atoms with Gasteiger partial charge in [0.15, 0.2) is 11.6 Å². The van der Waals surface area contributed by atoms with Crippen molar-refractivity contribution in [2.75, 3.05) is 5.73 Å². The lowest BCUT2D eigenvalue weighted by atomic mass is 10.0. The van der Waals surface area contributed by atoms with Gasteiger partial charge in [-0.1, -0.05) is 12.1 Å². The smallest absolute Gasteiger partial charge is 0.186 e. The van der Waals surface area contributed by atoms with Gasteiger partial charge in [0, 0.05) is 16.5 Å². The van der Waals surface area contributed by atoms with Gasteiger partial charge in [-0.2, -0.15) is 0 Å². The molecule has 108 valence electrons. The molecule has 0 aliphatic heterocycles. The highest BCUT2D eigenvalue weighted by Crippen LogP contribution is 2.40. The van der Waals surface area contributed by atoms with Crippen molar-refractivity contribution in [3.63, 3.8) is 0 Å². The van der Waals surface area contributed by atoms with E-state index >= 15 is 0 Å². The van der Waals surface area contributed by atoms with Crippen LogP contribution in [-0.4, -0.2) is 5.16 Å². The van der Waals surface area contributed by atoms with Gasteiger partial charge in [-0.05, 0) is 30.7 Å². The third-order valence-electron chi connectivity index (χ3n) is 3.15. The minimum atomic E-state index is -0.696. The van der Waals surface area contributed by atoms with Crippen LogP contribution in [0.3, 0.4) is 0 Å². The molecular formula is C15H12F2N2OS. The number of rotatable bonds is 3. The van der Waals surface area contributed by atoms with Gasteiger partial charge in [0.2, 0.25) is 0 Å². The van der Waals surface area contributed by atoms with Crippen molar-refractivity contribution in [3.05, 3.63) is 46.8 Å². The third-order valence-corrected chi connectivity index (χ3v) is 4.38. The minimum absolute atomic E-state index is 0.0851. The Bertz CT molecular complexity index is 795. The molecule has 3 aromatic rings. The lowest BCUT2D eigenvalue weighted by Gasteiger charge is -2.03. The van der Waals surface area contributed by atoms with Crippen molar-refractivity contribution in [3.8, 4) is 21.8 Å². The van der Waals surface area contributed by atoms with E-state index in [4.69, 9.17) is 10.3 Å². The van der Waals surface area contributed by atoms with Gasteiger partial charge in [-0.3, -0.25) is 0 Å². The molecular weight excluding hydrogens is 294 g/mol. The predicted molar refractivity (Wildman–Crippen MR) is 79.0 cm³/mol. The number of benzene rings is 1. The van der Waals surface area contributed by atoms with Crippen molar-refractivity contribution in [2.24, 2.45) is 0 Å². The van der Waals surface area contributed by atoms with Gasteiger partial charge in [0.05, 0.1) is 10.4 Å². The van der Waals surface area contributed by atoms with Crippen molar-refractivity contribution in [2.45, 2.75) is 13.3 Å². The molecule has 0 spiro atoms. The number of nitrogen functional groups attached to an aromatic ring is 1. The van der Waals surface area contributed by atoms with Crippen LogP contribution in [0.4, 0.5) is 14.6 Å². The minimum Gasteiger partial charge on any atom is -0.380 e. The molecule has 3 nitrogen and oxygen atoms in total.